The molecule has 0 spiro atoms. The molecule has 28 heavy (non-hydrogen) atoms. The van der Waals surface area contributed by atoms with Gasteiger partial charge in [0.25, 0.3) is 0 Å². The molecular formula is C19H18B3N3OP2. The second-order valence-electron chi connectivity index (χ2n) is 7.43. The molecule has 4 nitrogen and oxygen atoms in total. The monoisotopic (exact) mass is 399 g/mol. The van der Waals surface area contributed by atoms with Crippen molar-refractivity contribution in [2.24, 2.45) is 0 Å². The number of imidazole rings is 1. The van der Waals surface area contributed by atoms with E-state index in [1.165, 1.54) is 0 Å². The number of nitrogens with zero attached hydrogens (tertiary/aromatic N) is 3. The van der Waals surface area contributed by atoms with Gasteiger partial charge in [-0.1, -0.05) is 26.0 Å². The first kappa shape index (κ1) is 21.0. The summed E-state index contributed by atoms with van der Waals surface area (Å²) in [5.41, 5.74) is 3.48. The van der Waals surface area contributed by atoms with Gasteiger partial charge in [-0.15, -0.1) is 24.9 Å². The van der Waals surface area contributed by atoms with Crippen molar-refractivity contribution in [3.63, 3.8) is 0 Å². The third-order valence-corrected chi connectivity index (χ3v) is 4.47. The molecule has 0 saturated carbocycles. The molecule has 0 bridgehead atoms. The van der Waals surface area contributed by atoms with Crippen LogP contribution in [0.25, 0.3) is 16.6 Å². The molecule has 3 rings (SSSR count). The van der Waals surface area contributed by atoms with E-state index in [-0.39, 0.29) is 0 Å². The van der Waals surface area contributed by atoms with Crippen molar-refractivity contribution >= 4 is 53.0 Å². The molecule has 0 aliphatic rings. The first-order chi connectivity index (χ1) is 13.0. The van der Waals surface area contributed by atoms with E-state index in [1.54, 1.807) is 6.20 Å². The Morgan fingerprint density at radius 2 is 1.96 bits per heavy atom. The molecule has 0 amide bonds. The molecule has 0 fully saturated rings. The molecule has 0 N–H and O–H groups in total. The van der Waals surface area contributed by atoms with Crippen molar-refractivity contribution in [2.45, 2.75) is 24.0 Å². The van der Waals surface area contributed by atoms with Gasteiger partial charge in [0.05, 0.1) is 27.8 Å². The highest BCUT2D eigenvalue weighted by Crippen LogP contribution is 2.36. The lowest BCUT2D eigenvalue weighted by molar-refractivity contribution is 0.272. The fourth-order valence-electron chi connectivity index (χ4n) is 2.67. The van der Waals surface area contributed by atoms with Gasteiger partial charge in [-0.25, -0.2) is 9.97 Å². The predicted molar refractivity (Wildman–Crippen MR) is 124 cm³/mol. The SMILES string of the molecule is [B]c1cc(-c2ccc3c(C#C)nc(C([B])(P)P)n3c2)cnc1OCC([B])(C)C. The predicted octanol–water partition coefficient (Wildman–Crippen LogP) is 1.95. The van der Waals surface area contributed by atoms with Crippen LogP contribution in [0.15, 0.2) is 30.6 Å². The molecule has 0 aliphatic heterocycles. The number of rotatable bonds is 5. The average molecular weight is 399 g/mol. The summed E-state index contributed by atoms with van der Waals surface area (Å²) < 4.78 is 7.50. The van der Waals surface area contributed by atoms with Crippen molar-refractivity contribution in [1.29, 1.82) is 0 Å². The van der Waals surface area contributed by atoms with E-state index >= 15 is 0 Å². The highest BCUT2D eigenvalue weighted by atomic mass is 31.1. The summed E-state index contributed by atoms with van der Waals surface area (Å²) in [6.07, 6.45) is 9.20. The summed E-state index contributed by atoms with van der Waals surface area (Å²) in [5, 5.41) is -0.477. The lowest BCUT2D eigenvalue weighted by Crippen LogP contribution is -2.19. The zero-order valence-electron chi connectivity index (χ0n) is 15.8. The molecule has 0 saturated heterocycles. The Kier molecular flexibility index (Phi) is 5.68. The number of pyridine rings is 2. The normalized spacial score (nSPS) is 12.1. The molecule has 0 aromatic carbocycles. The first-order valence-corrected chi connectivity index (χ1v) is 9.68. The van der Waals surface area contributed by atoms with Crippen molar-refractivity contribution < 1.29 is 4.74 Å². The van der Waals surface area contributed by atoms with Gasteiger partial charge < -0.3 is 9.14 Å². The summed E-state index contributed by atoms with van der Waals surface area (Å²) in [6, 6.07) is 5.65. The molecule has 3 aromatic heterocycles. The minimum Gasteiger partial charge on any atom is -0.478 e. The van der Waals surface area contributed by atoms with Crippen LogP contribution in [-0.2, 0) is 4.80 Å². The zero-order chi connectivity index (χ0) is 20.7. The lowest BCUT2D eigenvalue weighted by atomic mass is 9.73. The molecule has 2 atom stereocenters. The van der Waals surface area contributed by atoms with Crippen LogP contribution in [0.5, 0.6) is 5.88 Å². The third-order valence-electron chi connectivity index (χ3n) is 3.95. The summed E-state index contributed by atoms with van der Waals surface area (Å²) in [6.45, 7) is 4.05. The number of fused-ring (bicyclic) bond motifs is 1. The smallest absolute Gasteiger partial charge is 0.205 e. The highest BCUT2D eigenvalue weighted by molar-refractivity contribution is 7.43. The van der Waals surface area contributed by atoms with Gasteiger partial charge in [-0.3, -0.25) is 0 Å². The van der Waals surface area contributed by atoms with Crippen LogP contribution in [0, 0.1) is 12.3 Å². The van der Waals surface area contributed by atoms with Gasteiger partial charge in [0.1, 0.15) is 19.4 Å². The number of hydrogen-bond donors (Lipinski definition) is 0. The Bertz CT molecular complexity index is 1080. The Morgan fingerprint density at radius 3 is 2.54 bits per heavy atom. The number of hydrogen-bond acceptors (Lipinski definition) is 3. The lowest BCUT2D eigenvalue weighted by Gasteiger charge is -2.20. The van der Waals surface area contributed by atoms with Crippen LogP contribution in [0.2, 0.25) is 5.31 Å². The maximum Gasteiger partial charge on any atom is 0.205 e. The van der Waals surface area contributed by atoms with Crippen molar-refractivity contribution in [3.8, 4) is 29.4 Å². The number of terminal acetylenes is 1. The minimum absolute atomic E-state index is 0.309. The highest BCUT2D eigenvalue weighted by Gasteiger charge is 2.22. The maximum absolute atomic E-state index is 6.21. The van der Waals surface area contributed by atoms with Crippen molar-refractivity contribution in [2.75, 3.05) is 6.61 Å². The van der Waals surface area contributed by atoms with Gasteiger partial charge in [0, 0.05) is 22.8 Å². The number of aromatic nitrogens is 3. The van der Waals surface area contributed by atoms with Crippen LogP contribution >= 0.6 is 18.5 Å². The summed E-state index contributed by atoms with van der Waals surface area (Å²) in [5.74, 6) is 3.57. The van der Waals surface area contributed by atoms with Crippen molar-refractivity contribution in [3.05, 3.63) is 42.1 Å². The van der Waals surface area contributed by atoms with E-state index in [0.717, 1.165) is 16.6 Å². The van der Waals surface area contributed by atoms with E-state index in [2.05, 4.69) is 34.4 Å². The van der Waals surface area contributed by atoms with Crippen LogP contribution in [-0.4, -0.2) is 44.5 Å². The van der Waals surface area contributed by atoms with Gasteiger partial charge in [-0.2, -0.15) is 0 Å². The Hall–Kier alpha value is -1.75. The second-order valence-corrected chi connectivity index (χ2v) is 10.0. The third kappa shape index (κ3) is 4.46. The Morgan fingerprint density at radius 1 is 1.25 bits per heavy atom. The average Bonchev–Trinajstić information content (AvgIpc) is 2.98. The van der Waals surface area contributed by atoms with Crippen molar-refractivity contribution in [1.82, 2.24) is 14.4 Å². The van der Waals surface area contributed by atoms with E-state index in [4.69, 9.17) is 34.7 Å². The van der Waals surface area contributed by atoms with Crippen LogP contribution in [0.1, 0.15) is 25.4 Å². The van der Waals surface area contributed by atoms with Gasteiger partial charge in [-0.05, 0) is 28.3 Å². The topological polar surface area (TPSA) is 39.4 Å². The van der Waals surface area contributed by atoms with Gasteiger partial charge >= 0.3 is 0 Å². The molecule has 134 valence electrons. The molecule has 0 aliphatic carbocycles. The summed E-state index contributed by atoms with van der Waals surface area (Å²) in [4.78, 5) is 8.00. The Balaban J connectivity index is 2.02. The second kappa shape index (κ2) is 7.59. The molecule has 9 heteroatoms. The molecule has 3 aromatic rings. The molecule has 2 unspecified atom stereocenters. The quantitative estimate of drug-likeness (QED) is 0.375. The van der Waals surface area contributed by atoms with Gasteiger partial charge in [0.15, 0.2) is 0 Å². The Labute approximate surface area is 174 Å². The fourth-order valence-corrected chi connectivity index (χ4v) is 3.08. The minimum atomic E-state index is -0.819. The van der Waals surface area contributed by atoms with E-state index < -0.39 is 10.1 Å². The van der Waals surface area contributed by atoms with Crippen LogP contribution in [0.4, 0.5) is 0 Å². The first-order valence-electron chi connectivity index (χ1n) is 8.53. The fraction of sp³-hybridized carbons (Fsp3) is 0.263. The molecule has 6 radical (unpaired) electrons. The van der Waals surface area contributed by atoms with E-state index in [1.807, 2.05) is 42.6 Å². The summed E-state index contributed by atoms with van der Waals surface area (Å²) in [7, 11) is 23.4. The van der Waals surface area contributed by atoms with Crippen LogP contribution < -0.4 is 10.2 Å². The zero-order valence-corrected chi connectivity index (χ0v) is 18.1. The summed E-state index contributed by atoms with van der Waals surface area (Å²) >= 11 is 0. The molecular weight excluding hydrogens is 381 g/mol. The van der Waals surface area contributed by atoms with E-state index in [9.17, 15) is 0 Å². The molecule has 3 heterocycles. The van der Waals surface area contributed by atoms with E-state index in [0.29, 0.717) is 29.5 Å². The van der Waals surface area contributed by atoms with Gasteiger partial charge in [0.2, 0.25) is 5.88 Å². The maximum atomic E-state index is 6.21. The number of ether oxygens (including phenoxy) is 1. The standard InChI is InChI=1S/C19H18B3N3OP2/c1-4-14-15-6-5-11(9-25(15)17(24-14)19(22,27)28)12-7-13(20)16(23-8-12)26-10-18(2,3)21/h1,5-9H,10,27-28H2,2-3H3. The van der Waals surface area contributed by atoms with Crippen LogP contribution in [0.3, 0.4) is 0 Å². The largest absolute Gasteiger partial charge is 0.478 e.